The second kappa shape index (κ2) is 4.18. The second-order valence-electron chi connectivity index (χ2n) is 3.49. The summed E-state index contributed by atoms with van der Waals surface area (Å²) in [5, 5.41) is 1.50. The quantitative estimate of drug-likeness (QED) is 0.752. The molecule has 2 aromatic rings. The second-order valence-corrected chi connectivity index (χ2v) is 3.87. The Morgan fingerprint density at radius 3 is 2.31 bits per heavy atom. The molecule has 1 aromatic carbocycles. The van der Waals surface area contributed by atoms with Crippen molar-refractivity contribution in [3.8, 4) is 11.5 Å². The van der Waals surface area contributed by atoms with Crippen molar-refractivity contribution < 1.29 is 9.47 Å². The van der Waals surface area contributed by atoms with Crippen molar-refractivity contribution in [1.29, 1.82) is 0 Å². The largest absolute Gasteiger partial charge is 0.493 e. The molecule has 0 saturated heterocycles. The van der Waals surface area contributed by atoms with Crippen LogP contribution in [-0.4, -0.2) is 19.2 Å². The monoisotopic (exact) mass is 237 g/mol. The molecule has 84 valence electrons. The number of hydrogen-bond acceptors (Lipinski definition) is 3. The molecule has 0 unspecified atom stereocenters. The third kappa shape index (κ3) is 1.78. The zero-order valence-electron chi connectivity index (χ0n) is 9.37. The predicted octanol–water partition coefficient (Wildman–Crippen LogP) is 3.21. The van der Waals surface area contributed by atoms with Crippen LogP contribution in [0, 0.1) is 6.92 Å². The number of methoxy groups -OCH3 is 2. The molecule has 1 heterocycles. The van der Waals surface area contributed by atoms with Crippen molar-refractivity contribution in [2.75, 3.05) is 14.2 Å². The van der Waals surface area contributed by atoms with Gasteiger partial charge in [0.05, 0.1) is 19.7 Å². The van der Waals surface area contributed by atoms with E-state index in [9.17, 15) is 0 Å². The van der Waals surface area contributed by atoms with Gasteiger partial charge in [0, 0.05) is 11.5 Å². The number of nitrogens with zero attached hydrogens (tertiary/aromatic N) is 1. The molecule has 16 heavy (non-hydrogen) atoms. The van der Waals surface area contributed by atoms with Crippen LogP contribution in [0.15, 0.2) is 18.2 Å². The van der Waals surface area contributed by atoms with Crippen LogP contribution in [0.25, 0.3) is 10.9 Å². The number of rotatable bonds is 2. The number of ether oxygens (including phenoxy) is 2. The molecule has 0 aliphatic heterocycles. The molecular formula is C12H12ClNO2. The van der Waals surface area contributed by atoms with Crippen LogP contribution in [0.2, 0.25) is 5.15 Å². The summed E-state index contributed by atoms with van der Waals surface area (Å²) in [4.78, 5) is 4.25. The molecule has 0 saturated carbocycles. The molecule has 3 nitrogen and oxygen atoms in total. The van der Waals surface area contributed by atoms with E-state index in [1.54, 1.807) is 14.2 Å². The third-order valence-corrected chi connectivity index (χ3v) is 2.68. The maximum atomic E-state index is 5.91. The Balaban J connectivity index is 2.78. The molecule has 2 rings (SSSR count). The van der Waals surface area contributed by atoms with Crippen LogP contribution in [0.1, 0.15) is 5.56 Å². The van der Waals surface area contributed by atoms with Crippen LogP contribution in [0.4, 0.5) is 0 Å². The van der Waals surface area contributed by atoms with Gasteiger partial charge in [-0.3, -0.25) is 0 Å². The molecule has 0 amide bonds. The normalized spacial score (nSPS) is 10.5. The van der Waals surface area contributed by atoms with Gasteiger partial charge in [-0.25, -0.2) is 4.98 Å². The van der Waals surface area contributed by atoms with Gasteiger partial charge < -0.3 is 9.47 Å². The van der Waals surface area contributed by atoms with Crippen molar-refractivity contribution in [2.45, 2.75) is 6.92 Å². The van der Waals surface area contributed by atoms with Crippen molar-refractivity contribution in [2.24, 2.45) is 0 Å². The van der Waals surface area contributed by atoms with E-state index in [1.807, 2.05) is 25.1 Å². The van der Waals surface area contributed by atoms with Gasteiger partial charge in [0.25, 0.3) is 0 Å². The Bertz CT molecular complexity index is 540. The summed E-state index contributed by atoms with van der Waals surface area (Å²) in [6.45, 7) is 1.99. The Hall–Kier alpha value is -1.48. The minimum atomic E-state index is 0.484. The number of aryl methyl sites for hydroxylation is 1. The maximum absolute atomic E-state index is 5.91. The molecule has 0 spiro atoms. The van der Waals surface area contributed by atoms with Gasteiger partial charge in [-0.05, 0) is 24.6 Å². The molecular weight excluding hydrogens is 226 g/mol. The fourth-order valence-electron chi connectivity index (χ4n) is 1.68. The predicted molar refractivity (Wildman–Crippen MR) is 64.6 cm³/mol. The summed E-state index contributed by atoms with van der Waals surface area (Å²) in [5.41, 5.74) is 1.87. The van der Waals surface area contributed by atoms with Gasteiger partial charge in [-0.2, -0.15) is 0 Å². The smallest absolute Gasteiger partial charge is 0.162 e. The van der Waals surface area contributed by atoms with E-state index in [0.717, 1.165) is 16.5 Å². The van der Waals surface area contributed by atoms with Gasteiger partial charge in [-0.1, -0.05) is 11.6 Å². The summed E-state index contributed by atoms with van der Waals surface area (Å²) in [6.07, 6.45) is 0. The van der Waals surface area contributed by atoms with Crippen molar-refractivity contribution in [3.63, 3.8) is 0 Å². The lowest BCUT2D eigenvalue weighted by Gasteiger charge is -2.10. The topological polar surface area (TPSA) is 31.4 Å². The van der Waals surface area contributed by atoms with Crippen molar-refractivity contribution in [1.82, 2.24) is 4.98 Å². The Labute approximate surface area is 99.0 Å². The fraction of sp³-hybridized carbons (Fsp3) is 0.250. The number of hydrogen-bond donors (Lipinski definition) is 0. The van der Waals surface area contributed by atoms with Crippen LogP contribution in [0.3, 0.4) is 0 Å². The van der Waals surface area contributed by atoms with Gasteiger partial charge in [0.15, 0.2) is 11.5 Å². The van der Waals surface area contributed by atoms with Crippen LogP contribution in [0.5, 0.6) is 11.5 Å². The van der Waals surface area contributed by atoms with Crippen molar-refractivity contribution >= 4 is 22.5 Å². The van der Waals surface area contributed by atoms with E-state index in [4.69, 9.17) is 21.1 Å². The van der Waals surface area contributed by atoms with Crippen LogP contribution < -0.4 is 9.47 Å². The minimum Gasteiger partial charge on any atom is -0.493 e. The average molecular weight is 238 g/mol. The summed E-state index contributed by atoms with van der Waals surface area (Å²) in [7, 11) is 3.21. The lowest BCUT2D eigenvalue weighted by molar-refractivity contribution is 0.356. The molecule has 0 radical (unpaired) electrons. The number of pyridine rings is 1. The molecule has 0 atom stereocenters. The molecule has 1 aromatic heterocycles. The summed E-state index contributed by atoms with van der Waals surface area (Å²) in [5.74, 6) is 1.35. The van der Waals surface area contributed by atoms with Gasteiger partial charge in [0.2, 0.25) is 0 Å². The highest BCUT2D eigenvalue weighted by Gasteiger charge is 2.09. The molecule has 0 aliphatic rings. The van der Waals surface area contributed by atoms with E-state index < -0.39 is 0 Å². The zero-order valence-corrected chi connectivity index (χ0v) is 10.1. The Kier molecular flexibility index (Phi) is 2.88. The summed E-state index contributed by atoms with van der Waals surface area (Å²) >= 11 is 5.91. The summed E-state index contributed by atoms with van der Waals surface area (Å²) in [6, 6.07) is 5.57. The first-order chi connectivity index (χ1) is 7.65. The first-order valence-electron chi connectivity index (χ1n) is 4.84. The average Bonchev–Trinajstić information content (AvgIpc) is 2.27. The Morgan fingerprint density at radius 1 is 1.06 bits per heavy atom. The Morgan fingerprint density at radius 2 is 1.69 bits per heavy atom. The lowest BCUT2D eigenvalue weighted by Crippen LogP contribution is -1.92. The zero-order chi connectivity index (χ0) is 11.7. The highest BCUT2D eigenvalue weighted by Crippen LogP contribution is 2.33. The highest BCUT2D eigenvalue weighted by molar-refractivity contribution is 6.29. The van der Waals surface area contributed by atoms with Gasteiger partial charge in [0.1, 0.15) is 5.15 Å². The first-order valence-corrected chi connectivity index (χ1v) is 5.22. The number of benzene rings is 1. The van der Waals surface area contributed by atoms with Gasteiger partial charge in [-0.15, -0.1) is 0 Å². The number of halogens is 1. The molecule has 0 fully saturated rings. The maximum Gasteiger partial charge on any atom is 0.162 e. The molecule has 0 bridgehead atoms. The fourth-order valence-corrected chi connectivity index (χ4v) is 1.94. The van der Waals surface area contributed by atoms with Gasteiger partial charge >= 0.3 is 0 Å². The van der Waals surface area contributed by atoms with E-state index in [-0.39, 0.29) is 0 Å². The SMILES string of the molecule is COc1cc2nc(Cl)cc(C)c2cc1OC. The van der Waals surface area contributed by atoms with Crippen LogP contribution in [-0.2, 0) is 0 Å². The van der Waals surface area contributed by atoms with E-state index in [1.165, 1.54) is 0 Å². The lowest BCUT2D eigenvalue weighted by atomic mass is 10.1. The molecule has 0 aliphatic carbocycles. The third-order valence-electron chi connectivity index (χ3n) is 2.49. The first kappa shape index (κ1) is 11.0. The van der Waals surface area contributed by atoms with E-state index >= 15 is 0 Å². The summed E-state index contributed by atoms with van der Waals surface area (Å²) < 4.78 is 10.5. The number of aromatic nitrogens is 1. The standard InChI is InChI=1S/C12H12ClNO2/c1-7-4-12(13)14-9-6-11(16-3)10(15-2)5-8(7)9/h4-6H,1-3H3. The number of fused-ring (bicyclic) bond motifs is 1. The molecule has 4 heteroatoms. The van der Waals surface area contributed by atoms with E-state index in [2.05, 4.69) is 4.98 Å². The van der Waals surface area contributed by atoms with E-state index in [0.29, 0.717) is 16.7 Å². The highest BCUT2D eigenvalue weighted by atomic mass is 35.5. The molecule has 0 N–H and O–H groups in total. The minimum absolute atomic E-state index is 0.484. The van der Waals surface area contributed by atoms with Crippen molar-refractivity contribution in [3.05, 3.63) is 28.9 Å². The van der Waals surface area contributed by atoms with Crippen LogP contribution >= 0.6 is 11.6 Å².